The van der Waals surface area contributed by atoms with Gasteiger partial charge in [0.25, 0.3) is 0 Å². The highest BCUT2D eigenvalue weighted by Gasteiger charge is 2.27. The van der Waals surface area contributed by atoms with Crippen molar-refractivity contribution in [3.8, 4) is 10.6 Å². The summed E-state index contributed by atoms with van der Waals surface area (Å²) in [6.07, 6.45) is 2.90. The molecule has 0 fully saturated rings. The summed E-state index contributed by atoms with van der Waals surface area (Å²) in [5, 5.41) is 0.882. The number of hydrogen-bond acceptors (Lipinski definition) is 6. The molecule has 2 aromatic rings. The number of hydrogen-bond donors (Lipinski definition) is 1. The summed E-state index contributed by atoms with van der Waals surface area (Å²) in [6.45, 7) is 5.96. The predicted molar refractivity (Wildman–Crippen MR) is 75.0 cm³/mol. The van der Waals surface area contributed by atoms with Gasteiger partial charge in [-0.15, -0.1) is 11.3 Å². The zero-order valence-electron chi connectivity index (χ0n) is 11.2. The Morgan fingerprint density at radius 3 is 2.89 bits per heavy atom. The van der Waals surface area contributed by atoms with E-state index >= 15 is 0 Å². The van der Waals surface area contributed by atoms with Crippen molar-refractivity contribution < 1.29 is 4.74 Å². The van der Waals surface area contributed by atoms with E-state index in [1.807, 2.05) is 6.92 Å². The summed E-state index contributed by atoms with van der Waals surface area (Å²) in [4.78, 5) is 14.3. The summed E-state index contributed by atoms with van der Waals surface area (Å²) in [5.41, 5.74) is 7.88. The number of ether oxygens (including phenoxy) is 1. The lowest BCUT2D eigenvalue weighted by molar-refractivity contribution is -0.00316. The molecule has 0 bridgehead atoms. The molecule has 0 aromatic carbocycles. The lowest BCUT2D eigenvalue weighted by Crippen LogP contribution is -2.20. The van der Waals surface area contributed by atoms with Gasteiger partial charge in [-0.25, -0.2) is 15.0 Å². The molecular weight excluding hydrogens is 260 g/mol. The molecule has 0 saturated heterocycles. The number of fused-ring (bicyclic) bond motifs is 1. The van der Waals surface area contributed by atoms with Gasteiger partial charge < -0.3 is 10.5 Å². The van der Waals surface area contributed by atoms with E-state index < -0.39 is 0 Å². The number of nitrogens with two attached hydrogens (primary N) is 1. The Hall–Kier alpha value is -1.53. The highest BCUT2D eigenvalue weighted by molar-refractivity contribution is 7.15. The third kappa shape index (κ3) is 2.21. The minimum Gasteiger partial charge on any atom is -0.383 e. The molecule has 1 aliphatic rings. The second-order valence-corrected chi connectivity index (χ2v) is 5.87. The Labute approximate surface area is 115 Å². The summed E-state index contributed by atoms with van der Waals surface area (Å²) in [5.74, 6) is 1.16. The first kappa shape index (κ1) is 12.5. The van der Waals surface area contributed by atoms with Gasteiger partial charge in [-0.2, -0.15) is 0 Å². The van der Waals surface area contributed by atoms with Crippen LogP contribution in [0.1, 0.15) is 36.3 Å². The van der Waals surface area contributed by atoms with Gasteiger partial charge in [0.05, 0.1) is 28.3 Å². The van der Waals surface area contributed by atoms with Crippen LogP contribution in [0.2, 0.25) is 0 Å². The minimum absolute atomic E-state index is 0.0950. The van der Waals surface area contributed by atoms with Crippen LogP contribution in [0.4, 0.5) is 5.82 Å². The van der Waals surface area contributed by atoms with Gasteiger partial charge in [0, 0.05) is 12.6 Å². The standard InChI is InChI=1S/C13H16N4OS/c1-6-4-10-11(7(2)18-6)19-13(17-10)9-5-15-8(3)16-12(9)14/h5-7H,4H2,1-3H3,(H2,14,15,16). The Balaban J connectivity index is 2.05. The molecule has 6 heteroatoms. The molecular formula is C13H16N4OS. The van der Waals surface area contributed by atoms with Gasteiger partial charge in [0.1, 0.15) is 16.6 Å². The molecule has 0 spiro atoms. The van der Waals surface area contributed by atoms with Gasteiger partial charge >= 0.3 is 0 Å². The molecule has 0 aliphatic carbocycles. The summed E-state index contributed by atoms with van der Waals surface area (Å²) >= 11 is 1.62. The van der Waals surface area contributed by atoms with Crippen LogP contribution in [-0.4, -0.2) is 21.1 Å². The lowest BCUT2D eigenvalue weighted by Gasteiger charge is -2.23. The van der Waals surface area contributed by atoms with E-state index in [2.05, 4.69) is 23.8 Å². The largest absolute Gasteiger partial charge is 0.383 e. The van der Waals surface area contributed by atoms with Crippen LogP contribution in [0.15, 0.2) is 6.20 Å². The first-order chi connectivity index (χ1) is 9.04. The molecule has 100 valence electrons. The SMILES string of the molecule is Cc1ncc(-c2nc3c(s2)C(C)OC(C)C3)c(N)n1. The molecule has 0 saturated carbocycles. The van der Waals surface area contributed by atoms with Crippen molar-refractivity contribution >= 4 is 17.2 Å². The first-order valence-electron chi connectivity index (χ1n) is 6.29. The fourth-order valence-electron chi connectivity index (χ4n) is 2.33. The third-order valence-electron chi connectivity index (χ3n) is 3.18. The Bertz CT molecular complexity index is 625. The topological polar surface area (TPSA) is 73.9 Å². The maximum absolute atomic E-state index is 5.96. The van der Waals surface area contributed by atoms with Crippen molar-refractivity contribution in [2.45, 2.75) is 39.4 Å². The Kier molecular flexibility index (Phi) is 2.99. The second-order valence-electron chi connectivity index (χ2n) is 4.84. The monoisotopic (exact) mass is 276 g/mol. The Morgan fingerprint density at radius 2 is 2.16 bits per heavy atom. The molecule has 19 heavy (non-hydrogen) atoms. The predicted octanol–water partition coefficient (Wildman–Crippen LogP) is 2.51. The number of thiazole rings is 1. The molecule has 0 amide bonds. The molecule has 3 heterocycles. The number of nitrogen functional groups attached to an aromatic ring is 1. The maximum atomic E-state index is 5.96. The minimum atomic E-state index is 0.0950. The number of aryl methyl sites for hydroxylation is 1. The normalized spacial score (nSPS) is 22.3. The smallest absolute Gasteiger partial charge is 0.137 e. The van der Waals surface area contributed by atoms with Crippen molar-refractivity contribution in [1.29, 1.82) is 0 Å². The molecule has 0 radical (unpaired) electrons. The third-order valence-corrected chi connectivity index (χ3v) is 4.48. The lowest BCUT2D eigenvalue weighted by atomic mass is 10.1. The van der Waals surface area contributed by atoms with Gasteiger partial charge in [-0.1, -0.05) is 0 Å². The average Bonchev–Trinajstić information content (AvgIpc) is 2.72. The first-order valence-corrected chi connectivity index (χ1v) is 7.10. The van der Waals surface area contributed by atoms with Gasteiger partial charge in [0.15, 0.2) is 0 Å². The van der Waals surface area contributed by atoms with Gasteiger partial charge in [-0.05, 0) is 20.8 Å². The molecule has 2 aromatic heterocycles. The van der Waals surface area contributed by atoms with Crippen LogP contribution < -0.4 is 5.73 Å². The fraction of sp³-hybridized carbons (Fsp3) is 0.462. The number of rotatable bonds is 1. The molecule has 1 aliphatic heterocycles. The molecule has 5 nitrogen and oxygen atoms in total. The van der Waals surface area contributed by atoms with E-state index in [1.165, 1.54) is 4.88 Å². The van der Waals surface area contributed by atoms with Crippen LogP contribution in [0, 0.1) is 6.92 Å². The molecule has 2 N–H and O–H groups in total. The molecule has 2 unspecified atom stereocenters. The zero-order valence-corrected chi connectivity index (χ0v) is 12.0. The van der Waals surface area contributed by atoms with Crippen LogP contribution in [0.5, 0.6) is 0 Å². The molecule has 2 atom stereocenters. The van der Waals surface area contributed by atoms with Crippen LogP contribution in [0.3, 0.4) is 0 Å². The van der Waals surface area contributed by atoms with E-state index in [0.29, 0.717) is 11.6 Å². The number of anilines is 1. The van der Waals surface area contributed by atoms with Crippen LogP contribution in [-0.2, 0) is 11.2 Å². The van der Waals surface area contributed by atoms with Crippen LogP contribution >= 0.6 is 11.3 Å². The maximum Gasteiger partial charge on any atom is 0.137 e. The van der Waals surface area contributed by atoms with Crippen molar-refractivity contribution in [1.82, 2.24) is 15.0 Å². The van der Waals surface area contributed by atoms with Gasteiger partial charge in [0.2, 0.25) is 0 Å². The van der Waals surface area contributed by atoms with E-state index in [1.54, 1.807) is 17.5 Å². The Morgan fingerprint density at radius 1 is 1.37 bits per heavy atom. The van der Waals surface area contributed by atoms with E-state index in [9.17, 15) is 0 Å². The van der Waals surface area contributed by atoms with Crippen LogP contribution in [0.25, 0.3) is 10.6 Å². The number of nitrogens with zero attached hydrogens (tertiary/aromatic N) is 3. The average molecular weight is 276 g/mol. The van der Waals surface area contributed by atoms with E-state index in [4.69, 9.17) is 15.5 Å². The zero-order chi connectivity index (χ0) is 13.6. The highest BCUT2D eigenvalue weighted by atomic mass is 32.1. The van der Waals surface area contributed by atoms with E-state index in [-0.39, 0.29) is 12.2 Å². The highest BCUT2D eigenvalue weighted by Crippen LogP contribution is 2.38. The van der Waals surface area contributed by atoms with Crippen molar-refractivity contribution in [3.05, 3.63) is 22.6 Å². The van der Waals surface area contributed by atoms with Crippen molar-refractivity contribution in [2.75, 3.05) is 5.73 Å². The van der Waals surface area contributed by atoms with Crippen molar-refractivity contribution in [3.63, 3.8) is 0 Å². The van der Waals surface area contributed by atoms with E-state index in [0.717, 1.165) is 22.7 Å². The van der Waals surface area contributed by atoms with Gasteiger partial charge in [-0.3, -0.25) is 0 Å². The summed E-state index contributed by atoms with van der Waals surface area (Å²) < 4.78 is 5.82. The fourth-order valence-corrected chi connectivity index (χ4v) is 3.43. The summed E-state index contributed by atoms with van der Waals surface area (Å²) in [6, 6.07) is 0. The quantitative estimate of drug-likeness (QED) is 0.866. The number of aromatic nitrogens is 3. The summed E-state index contributed by atoms with van der Waals surface area (Å²) in [7, 11) is 0. The van der Waals surface area contributed by atoms with Crippen molar-refractivity contribution in [2.24, 2.45) is 0 Å². The second kappa shape index (κ2) is 4.54. The molecule has 3 rings (SSSR count).